The predicted octanol–water partition coefficient (Wildman–Crippen LogP) is 3.24. The predicted molar refractivity (Wildman–Crippen MR) is 113 cm³/mol. The fourth-order valence-corrected chi connectivity index (χ4v) is 3.14. The number of hydrogen-bond acceptors (Lipinski definition) is 4. The Morgan fingerprint density at radius 2 is 1.90 bits per heavy atom. The first-order valence-corrected chi connectivity index (χ1v) is 9.73. The van der Waals surface area contributed by atoms with Gasteiger partial charge in [-0.2, -0.15) is 0 Å². The van der Waals surface area contributed by atoms with Gasteiger partial charge < -0.3 is 19.7 Å². The van der Waals surface area contributed by atoms with Gasteiger partial charge in [-0.15, -0.1) is 0 Å². The highest BCUT2D eigenvalue weighted by Gasteiger charge is 2.28. The molecule has 29 heavy (non-hydrogen) atoms. The van der Waals surface area contributed by atoms with E-state index in [1.807, 2.05) is 63.2 Å². The number of rotatable bonds is 9. The zero-order valence-electron chi connectivity index (χ0n) is 17.8. The van der Waals surface area contributed by atoms with Crippen LogP contribution in [0, 0.1) is 13.8 Å². The number of carbonyl (C=O) groups excluding carboxylic acids is 2. The molecule has 2 rings (SSSR count). The lowest BCUT2D eigenvalue weighted by Gasteiger charge is -2.30. The van der Waals surface area contributed by atoms with E-state index in [-0.39, 0.29) is 25.0 Å². The van der Waals surface area contributed by atoms with E-state index in [2.05, 4.69) is 5.32 Å². The second-order valence-electron chi connectivity index (χ2n) is 6.97. The van der Waals surface area contributed by atoms with Crippen LogP contribution >= 0.6 is 0 Å². The van der Waals surface area contributed by atoms with Gasteiger partial charge >= 0.3 is 0 Å². The van der Waals surface area contributed by atoms with Gasteiger partial charge in [-0.25, -0.2) is 0 Å². The standard InChI is InChI=1S/C23H30N2O4/c1-6-20(23(27)24-4)25(14-18-8-7-9-19(13-18)28-5)22(26)15-29-21-12-16(2)10-11-17(21)3/h7-13,20H,6,14-15H2,1-5H3,(H,24,27). The number of likely N-dealkylation sites (N-methyl/N-ethyl adjacent to an activating group) is 1. The summed E-state index contributed by atoms with van der Waals surface area (Å²) in [6.45, 7) is 5.95. The molecule has 1 N–H and O–H groups in total. The Morgan fingerprint density at radius 1 is 1.14 bits per heavy atom. The molecule has 0 aromatic heterocycles. The Labute approximate surface area is 172 Å². The summed E-state index contributed by atoms with van der Waals surface area (Å²) < 4.78 is 11.1. The minimum absolute atomic E-state index is 0.137. The van der Waals surface area contributed by atoms with Crippen LogP contribution in [0.15, 0.2) is 42.5 Å². The summed E-state index contributed by atoms with van der Waals surface area (Å²) in [5, 5.41) is 2.65. The van der Waals surface area contributed by atoms with E-state index in [0.717, 1.165) is 16.7 Å². The van der Waals surface area contributed by atoms with Crippen molar-refractivity contribution in [1.82, 2.24) is 10.2 Å². The molecule has 0 saturated carbocycles. The fourth-order valence-electron chi connectivity index (χ4n) is 3.14. The van der Waals surface area contributed by atoms with Crippen molar-refractivity contribution in [3.8, 4) is 11.5 Å². The molecule has 0 aliphatic carbocycles. The summed E-state index contributed by atoms with van der Waals surface area (Å²) in [6.07, 6.45) is 0.499. The molecule has 0 bridgehead atoms. The number of amides is 2. The van der Waals surface area contributed by atoms with Crippen LogP contribution in [0.4, 0.5) is 0 Å². The van der Waals surface area contributed by atoms with Crippen molar-refractivity contribution in [3.63, 3.8) is 0 Å². The topological polar surface area (TPSA) is 67.9 Å². The number of aryl methyl sites for hydroxylation is 2. The molecule has 6 heteroatoms. The third-order valence-corrected chi connectivity index (χ3v) is 4.81. The van der Waals surface area contributed by atoms with Crippen molar-refractivity contribution >= 4 is 11.8 Å². The van der Waals surface area contributed by atoms with E-state index < -0.39 is 6.04 Å². The molecule has 0 spiro atoms. The van der Waals surface area contributed by atoms with Gasteiger partial charge in [0.2, 0.25) is 5.91 Å². The van der Waals surface area contributed by atoms with Gasteiger partial charge in [0.25, 0.3) is 5.91 Å². The zero-order valence-corrected chi connectivity index (χ0v) is 17.8. The quantitative estimate of drug-likeness (QED) is 0.704. The SMILES string of the molecule is CCC(C(=O)NC)N(Cc1cccc(OC)c1)C(=O)COc1cc(C)ccc1C. The highest BCUT2D eigenvalue weighted by molar-refractivity contribution is 5.88. The number of methoxy groups -OCH3 is 1. The Hall–Kier alpha value is -3.02. The molecule has 0 radical (unpaired) electrons. The second kappa shape index (κ2) is 10.5. The minimum atomic E-state index is -0.582. The van der Waals surface area contributed by atoms with Crippen LogP contribution in [-0.4, -0.2) is 43.5 Å². The number of carbonyl (C=O) groups is 2. The van der Waals surface area contributed by atoms with E-state index in [0.29, 0.717) is 17.9 Å². The molecular formula is C23H30N2O4. The molecule has 156 valence electrons. The highest BCUT2D eigenvalue weighted by atomic mass is 16.5. The van der Waals surface area contributed by atoms with E-state index in [1.165, 1.54) is 0 Å². The maximum absolute atomic E-state index is 13.1. The van der Waals surface area contributed by atoms with Gasteiger partial charge in [0.1, 0.15) is 17.5 Å². The van der Waals surface area contributed by atoms with Gasteiger partial charge in [0.15, 0.2) is 6.61 Å². The monoisotopic (exact) mass is 398 g/mol. The van der Waals surface area contributed by atoms with Gasteiger partial charge in [-0.3, -0.25) is 9.59 Å². The van der Waals surface area contributed by atoms with Crippen LogP contribution < -0.4 is 14.8 Å². The second-order valence-corrected chi connectivity index (χ2v) is 6.97. The van der Waals surface area contributed by atoms with Crippen LogP contribution in [0.5, 0.6) is 11.5 Å². The van der Waals surface area contributed by atoms with Crippen LogP contribution in [0.3, 0.4) is 0 Å². The normalized spacial score (nSPS) is 11.5. The first-order valence-electron chi connectivity index (χ1n) is 9.73. The first kappa shape index (κ1) is 22.3. The Balaban J connectivity index is 2.23. The molecule has 0 saturated heterocycles. The van der Waals surface area contributed by atoms with Crippen molar-refractivity contribution < 1.29 is 19.1 Å². The lowest BCUT2D eigenvalue weighted by atomic mass is 10.1. The van der Waals surface area contributed by atoms with Crippen molar-refractivity contribution in [3.05, 3.63) is 59.2 Å². The Morgan fingerprint density at radius 3 is 2.55 bits per heavy atom. The van der Waals surface area contributed by atoms with E-state index in [1.54, 1.807) is 19.1 Å². The van der Waals surface area contributed by atoms with Gasteiger partial charge in [-0.1, -0.05) is 31.2 Å². The molecule has 0 aliphatic rings. The maximum atomic E-state index is 13.1. The molecule has 1 unspecified atom stereocenters. The average Bonchev–Trinajstić information content (AvgIpc) is 2.73. The smallest absolute Gasteiger partial charge is 0.261 e. The van der Waals surface area contributed by atoms with Crippen LogP contribution in [-0.2, 0) is 16.1 Å². The van der Waals surface area contributed by atoms with E-state index in [4.69, 9.17) is 9.47 Å². The summed E-state index contributed by atoms with van der Waals surface area (Å²) in [4.78, 5) is 27.1. The van der Waals surface area contributed by atoms with Gasteiger partial charge in [-0.05, 0) is 55.2 Å². The van der Waals surface area contributed by atoms with Crippen LogP contribution in [0.2, 0.25) is 0 Å². The number of nitrogens with zero attached hydrogens (tertiary/aromatic N) is 1. The average molecular weight is 399 g/mol. The Bertz CT molecular complexity index is 851. The molecule has 0 fully saturated rings. The molecule has 0 heterocycles. The van der Waals surface area contributed by atoms with Crippen molar-refractivity contribution in [2.75, 3.05) is 20.8 Å². The summed E-state index contributed by atoms with van der Waals surface area (Å²) in [5.74, 6) is 0.932. The van der Waals surface area contributed by atoms with Crippen LogP contribution in [0.1, 0.15) is 30.0 Å². The van der Waals surface area contributed by atoms with Crippen molar-refractivity contribution in [2.45, 2.75) is 39.8 Å². The third kappa shape index (κ3) is 5.98. The highest BCUT2D eigenvalue weighted by Crippen LogP contribution is 2.21. The molecule has 2 aromatic rings. The first-order chi connectivity index (χ1) is 13.9. The lowest BCUT2D eigenvalue weighted by molar-refractivity contribution is -0.142. The Kier molecular flexibility index (Phi) is 8.07. The molecule has 2 aromatic carbocycles. The van der Waals surface area contributed by atoms with Crippen LogP contribution in [0.25, 0.3) is 0 Å². The summed E-state index contributed by atoms with van der Waals surface area (Å²) in [5.41, 5.74) is 2.90. The number of hydrogen-bond donors (Lipinski definition) is 1. The minimum Gasteiger partial charge on any atom is -0.497 e. The van der Waals surface area contributed by atoms with E-state index >= 15 is 0 Å². The molecule has 6 nitrogen and oxygen atoms in total. The summed E-state index contributed by atoms with van der Waals surface area (Å²) in [7, 11) is 3.17. The summed E-state index contributed by atoms with van der Waals surface area (Å²) in [6, 6.07) is 12.8. The summed E-state index contributed by atoms with van der Waals surface area (Å²) >= 11 is 0. The molecule has 1 atom stereocenters. The van der Waals surface area contributed by atoms with Crippen molar-refractivity contribution in [2.24, 2.45) is 0 Å². The largest absolute Gasteiger partial charge is 0.497 e. The zero-order chi connectivity index (χ0) is 21.4. The van der Waals surface area contributed by atoms with Gasteiger partial charge in [0.05, 0.1) is 7.11 Å². The molecular weight excluding hydrogens is 368 g/mol. The number of ether oxygens (including phenoxy) is 2. The number of benzene rings is 2. The molecule has 2 amide bonds. The molecule has 0 aliphatic heterocycles. The maximum Gasteiger partial charge on any atom is 0.261 e. The fraction of sp³-hybridized carbons (Fsp3) is 0.391. The third-order valence-electron chi connectivity index (χ3n) is 4.81. The van der Waals surface area contributed by atoms with Crippen molar-refractivity contribution in [1.29, 1.82) is 0 Å². The van der Waals surface area contributed by atoms with Gasteiger partial charge in [0, 0.05) is 13.6 Å². The van der Waals surface area contributed by atoms with E-state index in [9.17, 15) is 9.59 Å². The lowest BCUT2D eigenvalue weighted by Crippen LogP contribution is -2.49. The number of nitrogens with one attached hydrogen (secondary N) is 1.